The van der Waals surface area contributed by atoms with Gasteiger partial charge in [0.05, 0.1) is 0 Å². The van der Waals surface area contributed by atoms with Crippen molar-refractivity contribution in [1.29, 1.82) is 0 Å². The molecular weight excluding hydrogens is 256 g/mol. The fraction of sp³-hybridized carbons (Fsp3) is 0.684. The SMILES string of the molecule is CCCNCc1ccccc1CN1CCCCCC1CC. The van der Waals surface area contributed by atoms with Crippen molar-refractivity contribution in [3.8, 4) is 0 Å². The maximum Gasteiger partial charge on any atom is 0.0239 e. The van der Waals surface area contributed by atoms with Crippen LogP contribution in [-0.2, 0) is 13.1 Å². The Kier molecular flexibility index (Phi) is 7.25. The van der Waals surface area contributed by atoms with Crippen molar-refractivity contribution in [3.63, 3.8) is 0 Å². The molecule has 118 valence electrons. The molecule has 2 rings (SSSR count). The van der Waals surface area contributed by atoms with Crippen molar-refractivity contribution in [1.82, 2.24) is 10.2 Å². The van der Waals surface area contributed by atoms with Crippen LogP contribution in [0.15, 0.2) is 24.3 Å². The first-order valence-electron chi connectivity index (χ1n) is 8.86. The van der Waals surface area contributed by atoms with Crippen molar-refractivity contribution < 1.29 is 0 Å². The van der Waals surface area contributed by atoms with Crippen LogP contribution >= 0.6 is 0 Å². The van der Waals surface area contributed by atoms with E-state index in [1.807, 2.05) is 0 Å². The molecule has 21 heavy (non-hydrogen) atoms. The molecule has 1 fully saturated rings. The van der Waals surface area contributed by atoms with E-state index in [0.29, 0.717) is 0 Å². The summed E-state index contributed by atoms with van der Waals surface area (Å²) in [5.41, 5.74) is 2.99. The Labute approximate surface area is 130 Å². The zero-order valence-electron chi connectivity index (χ0n) is 13.9. The van der Waals surface area contributed by atoms with Gasteiger partial charge in [0, 0.05) is 19.1 Å². The number of nitrogens with zero attached hydrogens (tertiary/aromatic N) is 1. The van der Waals surface area contributed by atoms with Gasteiger partial charge < -0.3 is 5.32 Å². The summed E-state index contributed by atoms with van der Waals surface area (Å²) >= 11 is 0. The van der Waals surface area contributed by atoms with Gasteiger partial charge in [-0.2, -0.15) is 0 Å². The molecule has 1 aliphatic rings. The first-order valence-corrected chi connectivity index (χ1v) is 8.86. The molecular formula is C19H32N2. The number of hydrogen-bond acceptors (Lipinski definition) is 2. The smallest absolute Gasteiger partial charge is 0.0239 e. The third kappa shape index (κ3) is 5.12. The van der Waals surface area contributed by atoms with Crippen LogP contribution in [0.2, 0.25) is 0 Å². The largest absolute Gasteiger partial charge is 0.313 e. The average Bonchev–Trinajstić information content (AvgIpc) is 2.74. The van der Waals surface area contributed by atoms with Crippen LogP contribution < -0.4 is 5.32 Å². The third-order valence-electron chi connectivity index (χ3n) is 4.70. The molecule has 1 aromatic rings. The summed E-state index contributed by atoms with van der Waals surface area (Å²) in [6.45, 7) is 9.08. The van der Waals surface area contributed by atoms with Gasteiger partial charge >= 0.3 is 0 Å². The summed E-state index contributed by atoms with van der Waals surface area (Å²) in [4.78, 5) is 2.73. The van der Waals surface area contributed by atoms with Gasteiger partial charge in [0.25, 0.3) is 0 Å². The molecule has 0 radical (unpaired) electrons. The minimum Gasteiger partial charge on any atom is -0.313 e. The van der Waals surface area contributed by atoms with Gasteiger partial charge in [-0.15, -0.1) is 0 Å². The Bertz CT molecular complexity index is 402. The molecule has 1 aromatic carbocycles. The maximum absolute atomic E-state index is 3.55. The molecule has 0 aromatic heterocycles. The van der Waals surface area contributed by atoms with Crippen molar-refractivity contribution in [3.05, 3.63) is 35.4 Å². The fourth-order valence-electron chi connectivity index (χ4n) is 3.41. The number of benzene rings is 1. The molecule has 1 heterocycles. The normalized spacial score (nSPS) is 20.4. The van der Waals surface area contributed by atoms with Crippen molar-refractivity contribution in [2.24, 2.45) is 0 Å². The number of rotatable bonds is 7. The minimum absolute atomic E-state index is 0.782. The maximum atomic E-state index is 3.55. The second-order valence-corrected chi connectivity index (χ2v) is 6.33. The Hall–Kier alpha value is -0.860. The lowest BCUT2D eigenvalue weighted by Gasteiger charge is -2.30. The quantitative estimate of drug-likeness (QED) is 0.751. The zero-order valence-corrected chi connectivity index (χ0v) is 13.9. The molecule has 0 aliphatic carbocycles. The van der Waals surface area contributed by atoms with E-state index in [1.165, 1.54) is 56.2 Å². The van der Waals surface area contributed by atoms with Crippen molar-refractivity contribution in [2.45, 2.75) is 71.5 Å². The zero-order chi connectivity index (χ0) is 14.9. The Morgan fingerprint density at radius 3 is 2.67 bits per heavy atom. The Morgan fingerprint density at radius 2 is 1.90 bits per heavy atom. The van der Waals surface area contributed by atoms with Gasteiger partial charge in [-0.1, -0.05) is 51.0 Å². The van der Waals surface area contributed by atoms with E-state index < -0.39 is 0 Å². The summed E-state index contributed by atoms with van der Waals surface area (Å²) in [5.74, 6) is 0. The van der Waals surface area contributed by atoms with E-state index in [1.54, 1.807) is 0 Å². The molecule has 1 atom stereocenters. The molecule has 0 amide bonds. The van der Waals surface area contributed by atoms with Gasteiger partial charge in [-0.25, -0.2) is 0 Å². The lowest BCUT2D eigenvalue weighted by Crippen LogP contribution is -2.34. The minimum atomic E-state index is 0.782. The summed E-state index contributed by atoms with van der Waals surface area (Å²) in [6.07, 6.45) is 8.06. The fourth-order valence-corrected chi connectivity index (χ4v) is 3.41. The molecule has 1 N–H and O–H groups in total. The van der Waals surface area contributed by atoms with Gasteiger partial charge in [0.15, 0.2) is 0 Å². The Balaban J connectivity index is 2.02. The molecule has 0 bridgehead atoms. The topological polar surface area (TPSA) is 15.3 Å². The van der Waals surface area contributed by atoms with E-state index in [9.17, 15) is 0 Å². The highest BCUT2D eigenvalue weighted by atomic mass is 15.2. The third-order valence-corrected chi connectivity index (χ3v) is 4.70. The lowest BCUT2D eigenvalue weighted by atomic mass is 10.0. The Morgan fingerprint density at radius 1 is 1.10 bits per heavy atom. The second-order valence-electron chi connectivity index (χ2n) is 6.33. The van der Waals surface area contributed by atoms with E-state index in [4.69, 9.17) is 0 Å². The van der Waals surface area contributed by atoms with Gasteiger partial charge in [-0.05, 0) is 49.9 Å². The molecule has 1 unspecified atom stereocenters. The lowest BCUT2D eigenvalue weighted by molar-refractivity contribution is 0.185. The molecule has 2 nitrogen and oxygen atoms in total. The van der Waals surface area contributed by atoms with Crippen LogP contribution in [0, 0.1) is 0 Å². The van der Waals surface area contributed by atoms with Crippen molar-refractivity contribution in [2.75, 3.05) is 13.1 Å². The van der Waals surface area contributed by atoms with E-state index in [0.717, 1.165) is 25.7 Å². The van der Waals surface area contributed by atoms with Crippen LogP contribution in [0.3, 0.4) is 0 Å². The van der Waals surface area contributed by atoms with E-state index in [2.05, 4.69) is 48.3 Å². The molecule has 1 saturated heterocycles. The monoisotopic (exact) mass is 288 g/mol. The van der Waals surface area contributed by atoms with Gasteiger partial charge in [-0.3, -0.25) is 4.90 Å². The highest BCUT2D eigenvalue weighted by molar-refractivity contribution is 5.27. The van der Waals surface area contributed by atoms with E-state index in [-0.39, 0.29) is 0 Å². The average molecular weight is 288 g/mol. The van der Waals surface area contributed by atoms with Gasteiger partial charge in [0.1, 0.15) is 0 Å². The van der Waals surface area contributed by atoms with Crippen LogP contribution in [0.1, 0.15) is 63.5 Å². The molecule has 2 heteroatoms. The van der Waals surface area contributed by atoms with Crippen LogP contribution in [0.4, 0.5) is 0 Å². The summed E-state index contributed by atoms with van der Waals surface area (Å²) in [5, 5.41) is 3.55. The van der Waals surface area contributed by atoms with Crippen LogP contribution in [0.5, 0.6) is 0 Å². The first kappa shape index (κ1) is 16.5. The number of likely N-dealkylation sites (tertiary alicyclic amines) is 1. The second kappa shape index (κ2) is 9.22. The summed E-state index contributed by atoms with van der Waals surface area (Å²) in [7, 11) is 0. The summed E-state index contributed by atoms with van der Waals surface area (Å²) < 4.78 is 0. The molecule has 0 saturated carbocycles. The van der Waals surface area contributed by atoms with E-state index >= 15 is 0 Å². The molecule has 0 spiro atoms. The van der Waals surface area contributed by atoms with Gasteiger partial charge in [0.2, 0.25) is 0 Å². The standard InChI is InChI=1S/C19H32N2/c1-3-13-20-15-17-10-7-8-11-18(17)16-21-14-9-5-6-12-19(21)4-2/h7-8,10-11,19-20H,3-6,9,12-16H2,1-2H3. The predicted molar refractivity (Wildman–Crippen MR) is 91.4 cm³/mol. The van der Waals surface area contributed by atoms with Crippen LogP contribution in [-0.4, -0.2) is 24.0 Å². The predicted octanol–water partition coefficient (Wildman–Crippen LogP) is 4.34. The summed E-state index contributed by atoms with van der Waals surface area (Å²) in [6, 6.07) is 9.75. The first-order chi connectivity index (χ1) is 10.3. The van der Waals surface area contributed by atoms with Crippen LogP contribution in [0.25, 0.3) is 0 Å². The van der Waals surface area contributed by atoms with Crippen molar-refractivity contribution >= 4 is 0 Å². The number of hydrogen-bond donors (Lipinski definition) is 1. The highest BCUT2D eigenvalue weighted by Gasteiger charge is 2.20. The molecule has 1 aliphatic heterocycles. The number of nitrogens with one attached hydrogen (secondary N) is 1. The highest BCUT2D eigenvalue weighted by Crippen LogP contribution is 2.22.